The summed E-state index contributed by atoms with van der Waals surface area (Å²) in [7, 11) is -3.27. The van der Waals surface area contributed by atoms with Gasteiger partial charge in [-0.05, 0) is 27.2 Å². The number of nitrogens with one attached hydrogen (secondary N) is 1. The van der Waals surface area contributed by atoms with Crippen molar-refractivity contribution in [1.82, 2.24) is 24.1 Å². The maximum absolute atomic E-state index is 12.5. The van der Waals surface area contributed by atoms with Crippen LogP contribution in [0.3, 0.4) is 0 Å². The number of aromatic nitrogens is 2. The van der Waals surface area contributed by atoms with Crippen LogP contribution in [0, 0.1) is 0 Å². The van der Waals surface area contributed by atoms with Gasteiger partial charge in [0.1, 0.15) is 0 Å². The fourth-order valence-electron chi connectivity index (χ4n) is 2.98. The summed E-state index contributed by atoms with van der Waals surface area (Å²) in [6, 6.07) is 0. The lowest BCUT2D eigenvalue weighted by molar-refractivity contribution is 0.0904. The monoisotopic (exact) mass is 414 g/mol. The first-order chi connectivity index (χ1) is 13.4. The van der Waals surface area contributed by atoms with Gasteiger partial charge in [-0.1, -0.05) is 0 Å². The molecule has 0 radical (unpaired) electrons. The Hall–Kier alpha value is -1.65. The van der Waals surface area contributed by atoms with Crippen molar-refractivity contribution in [1.29, 1.82) is 0 Å². The molecule has 0 saturated carbocycles. The summed E-state index contributed by atoms with van der Waals surface area (Å²) in [6.45, 7) is 10.7. The maximum Gasteiger partial charge on any atom is 0.216 e. The Balaban J connectivity index is 1.81. The Morgan fingerprint density at radius 2 is 2.04 bits per heavy atom. The van der Waals surface area contributed by atoms with Gasteiger partial charge in [-0.2, -0.15) is 4.31 Å². The van der Waals surface area contributed by atoms with Crippen molar-refractivity contribution in [2.45, 2.75) is 39.8 Å². The summed E-state index contributed by atoms with van der Waals surface area (Å²) in [5.41, 5.74) is 0. The lowest BCUT2D eigenvalue weighted by Crippen LogP contribution is -2.54. The zero-order valence-corrected chi connectivity index (χ0v) is 18.1. The van der Waals surface area contributed by atoms with E-state index in [0.29, 0.717) is 32.7 Å². The average Bonchev–Trinajstić information content (AvgIpc) is 3.17. The summed E-state index contributed by atoms with van der Waals surface area (Å²) in [5.74, 6) is 0.890. The number of hydrogen-bond acceptors (Lipinski definition) is 5. The second-order valence-electron chi connectivity index (χ2n) is 7.01. The van der Waals surface area contributed by atoms with Crippen molar-refractivity contribution >= 4 is 16.0 Å². The largest absolute Gasteiger partial charge is 0.378 e. The van der Waals surface area contributed by atoms with Gasteiger partial charge in [-0.3, -0.25) is 4.99 Å². The highest BCUT2D eigenvalue weighted by Crippen LogP contribution is 2.09. The van der Waals surface area contributed by atoms with E-state index in [4.69, 9.17) is 9.73 Å². The highest BCUT2D eigenvalue weighted by Gasteiger charge is 2.27. The predicted octanol–water partition coefficient (Wildman–Crippen LogP) is 0.611. The number of rotatable bonds is 10. The second kappa shape index (κ2) is 11.4. The maximum atomic E-state index is 12.5. The van der Waals surface area contributed by atoms with E-state index in [9.17, 15) is 8.42 Å². The molecule has 1 aromatic heterocycles. The van der Waals surface area contributed by atoms with E-state index in [1.165, 1.54) is 0 Å². The third-order valence-corrected chi connectivity index (χ3v) is 6.29. The molecule has 1 aliphatic rings. The molecule has 0 bridgehead atoms. The van der Waals surface area contributed by atoms with E-state index in [0.717, 1.165) is 25.5 Å². The van der Waals surface area contributed by atoms with E-state index in [1.807, 2.05) is 31.5 Å². The molecule has 2 rings (SSSR count). The van der Waals surface area contributed by atoms with Gasteiger partial charge in [-0.25, -0.2) is 13.4 Å². The molecule has 0 spiro atoms. The molecule has 28 heavy (non-hydrogen) atoms. The topological polar surface area (TPSA) is 92.1 Å². The summed E-state index contributed by atoms with van der Waals surface area (Å²) in [6.07, 6.45) is 6.49. The van der Waals surface area contributed by atoms with Crippen molar-refractivity contribution < 1.29 is 13.2 Å². The lowest BCUT2D eigenvalue weighted by atomic mass is 10.4. The number of guanidine groups is 1. The van der Waals surface area contributed by atoms with E-state index in [-0.39, 0.29) is 18.5 Å². The first-order valence-electron chi connectivity index (χ1n) is 10.0. The van der Waals surface area contributed by atoms with Gasteiger partial charge >= 0.3 is 0 Å². The zero-order valence-electron chi connectivity index (χ0n) is 17.2. The van der Waals surface area contributed by atoms with Crippen LogP contribution in [0.5, 0.6) is 0 Å². The van der Waals surface area contributed by atoms with Crippen LogP contribution in [-0.4, -0.2) is 90.9 Å². The minimum atomic E-state index is -3.27. The standard InChI is InChI=1S/C18H34N6O3S/c1-4-20-18(21-6-5-8-22-9-7-19-16-22)23-10-12-24(13-11-23)28(25,26)15-14-27-17(2)3/h7,9,16-17H,4-6,8,10-15H2,1-3H3,(H,20,21). The first-order valence-corrected chi connectivity index (χ1v) is 11.6. The van der Waals surface area contributed by atoms with Crippen molar-refractivity contribution in [2.75, 3.05) is 51.6 Å². The first kappa shape index (κ1) is 22.6. The SMILES string of the molecule is CCNC(=NCCCn1ccnc1)N1CCN(S(=O)(=O)CCOC(C)C)CC1. The van der Waals surface area contributed by atoms with Crippen LogP contribution in [-0.2, 0) is 21.3 Å². The van der Waals surface area contributed by atoms with E-state index < -0.39 is 10.0 Å². The molecule has 0 unspecified atom stereocenters. The van der Waals surface area contributed by atoms with Gasteiger partial charge in [0, 0.05) is 58.2 Å². The minimum absolute atomic E-state index is 0.0353. The van der Waals surface area contributed by atoms with Gasteiger partial charge < -0.3 is 19.5 Å². The summed E-state index contributed by atoms with van der Waals surface area (Å²) >= 11 is 0. The third kappa shape index (κ3) is 7.40. The van der Waals surface area contributed by atoms with Crippen LogP contribution in [0.4, 0.5) is 0 Å². The normalized spacial score (nSPS) is 16.7. The van der Waals surface area contributed by atoms with Crippen molar-refractivity contribution in [3.63, 3.8) is 0 Å². The van der Waals surface area contributed by atoms with E-state index >= 15 is 0 Å². The quantitative estimate of drug-likeness (QED) is 0.343. The highest BCUT2D eigenvalue weighted by atomic mass is 32.2. The molecule has 1 aromatic rings. The second-order valence-corrected chi connectivity index (χ2v) is 9.10. The molecule has 160 valence electrons. The molecule has 1 saturated heterocycles. The molecule has 0 aromatic carbocycles. The molecular weight excluding hydrogens is 380 g/mol. The fourth-order valence-corrected chi connectivity index (χ4v) is 4.26. The Morgan fingerprint density at radius 3 is 2.64 bits per heavy atom. The highest BCUT2D eigenvalue weighted by molar-refractivity contribution is 7.89. The van der Waals surface area contributed by atoms with Crippen LogP contribution in [0.15, 0.2) is 23.7 Å². The molecule has 0 aliphatic carbocycles. The lowest BCUT2D eigenvalue weighted by Gasteiger charge is -2.36. The molecular formula is C18H34N6O3S. The molecule has 1 aliphatic heterocycles. The van der Waals surface area contributed by atoms with Gasteiger partial charge in [0.25, 0.3) is 0 Å². The Kier molecular flexibility index (Phi) is 9.20. The number of piperazine rings is 1. The van der Waals surface area contributed by atoms with Crippen molar-refractivity contribution in [3.05, 3.63) is 18.7 Å². The predicted molar refractivity (Wildman–Crippen MR) is 111 cm³/mol. The number of nitrogens with zero attached hydrogens (tertiary/aromatic N) is 5. The van der Waals surface area contributed by atoms with Gasteiger partial charge in [0.05, 0.1) is 24.8 Å². The molecule has 0 amide bonds. The number of imidazole rings is 1. The number of hydrogen-bond donors (Lipinski definition) is 1. The molecule has 2 heterocycles. The summed E-state index contributed by atoms with van der Waals surface area (Å²) < 4.78 is 33.9. The number of aliphatic imine (C=N–C) groups is 1. The van der Waals surface area contributed by atoms with E-state index in [1.54, 1.807) is 16.8 Å². The van der Waals surface area contributed by atoms with Crippen LogP contribution in [0.1, 0.15) is 27.2 Å². The van der Waals surface area contributed by atoms with Crippen molar-refractivity contribution in [2.24, 2.45) is 4.99 Å². The minimum Gasteiger partial charge on any atom is -0.378 e. The number of aryl methyl sites for hydroxylation is 1. The Morgan fingerprint density at radius 1 is 1.29 bits per heavy atom. The van der Waals surface area contributed by atoms with Crippen LogP contribution >= 0.6 is 0 Å². The van der Waals surface area contributed by atoms with Crippen molar-refractivity contribution in [3.8, 4) is 0 Å². The third-order valence-electron chi connectivity index (χ3n) is 4.45. The fraction of sp³-hybridized carbons (Fsp3) is 0.778. The molecule has 0 atom stereocenters. The number of ether oxygens (including phenoxy) is 1. The van der Waals surface area contributed by atoms with Crippen LogP contribution in [0.2, 0.25) is 0 Å². The Bertz CT molecular complexity index is 682. The van der Waals surface area contributed by atoms with Gasteiger partial charge in [0.2, 0.25) is 10.0 Å². The Labute approximate surface area is 168 Å². The van der Waals surface area contributed by atoms with Crippen LogP contribution in [0.25, 0.3) is 0 Å². The van der Waals surface area contributed by atoms with Gasteiger partial charge in [-0.15, -0.1) is 0 Å². The average molecular weight is 415 g/mol. The molecule has 9 nitrogen and oxygen atoms in total. The summed E-state index contributed by atoms with van der Waals surface area (Å²) in [5, 5.41) is 3.32. The molecule has 1 N–H and O–H groups in total. The zero-order chi connectivity index (χ0) is 20.4. The molecule has 1 fully saturated rings. The summed E-state index contributed by atoms with van der Waals surface area (Å²) in [4.78, 5) is 10.9. The van der Waals surface area contributed by atoms with Crippen LogP contribution < -0.4 is 5.32 Å². The smallest absolute Gasteiger partial charge is 0.216 e. The number of sulfonamides is 1. The van der Waals surface area contributed by atoms with E-state index in [2.05, 4.69) is 15.2 Å². The molecule has 10 heteroatoms. The van der Waals surface area contributed by atoms with Gasteiger partial charge in [0.15, 0.2) is 5.96 Å².